The molecule has 0 radical (unpaired) electrons. The van der Waals surface area contributed by atoms with Crippen LogP contribution in [-0.2, 0) is 19.7 Å². The summed E-state index contributed by atoms with van der Waals surface area (Å²) in [5.41, 5.74) is -0.713. The summed E-state index contributed by atoms with van der Waals surface area (Å²) in [6.07, 6.45) is 4.23. The molecule has 0 aromatic heterocycles. The van der Waals surface area contributed by atoms with E-state index in [9.17, 15) is 14.7 Å². The molecule has 1 aromatic rings. The summed E-state index contributed by atoms with van der Waals surface area (Å²) in [7, 11) is 3.61. The molecule has 4 aliphatic rings. The molecule has 9 heteroatoms. The van der Waals surface area contributed by atoms with Crippen molar-refractivity contribution in [3.8, 4) is 5.75 Å². The van der Waals surface area contributed by atoms with Crippen LogP contribution in [0, 0.1) is 11.3 Å². The Hall–Kier alpha value is -2.78. The van der Waals surface area contributed by atoms with Crippen LogP contribution < -0.4 is 15.0 Å². The Bertz CT molecular complexity index is 1140. The number of likely N-dealkylation sites (N-methyl/N-ethyl adjacent to an activating group) is 1. The zero-order valence-electron chi connectivity index (χ0n) is 23.3. The smallest absolute Gasteiger partial charge is 0.407 e. The molecule has 1 aromatic carbocycles. The van der Waals surface area contributed by atoms with Gasteiger partial charge in [-0.05, 0) is 36.9 Å². The molecule has 6 atom stereocenters. The van der Waals surface area contributed by atoms with E-state index in [0.29, 0.717) is 13.0 Å². The molecule has 0 bridgehead atoms. The minimum atomic E-state index is -1.69. The maximum absolute atomic E-state index is 12.9. The number of carbonyl (C=O) groups is 2. The number of nitrogens with zero attached hydrogens (tertiary/aromatic N) is 2. The van der Waals surface area contributed by atoms with Gasteiger partial charge in [-0.1, -0.05) is 39.0 Å². The Morgan fingerprint density at radius 3 is 2.68 bits per heavy atom. The molecule has 3 heterocycles. The number of nitrogens with one attached hydrogen (secondary N) is 1. The lowest BCUT2D eigenvalue weighted by Crippen LogP contribution is -2.80. The zero-order chi connectivity index (χ0) is 27.5. The molecule has 3 aliphatic heterocycles. The lowest BCUT2D eigenvalue weighted by molar-refractivity contribution is -0.228. The van der Waals surface area contributed by atoms with Crippen molar-refractivity contribution in [1.29, 1.82) is 0 Å². The van der Waals surface area contributed by atoms with Crippen molar-refractivity contribution in [2.24, 2.45) is 11.3 Å². The minimum absolute atomic E-state index is 0.00788. The van der Waals surface area contributed by atoms with Gasteiger partial charge in [0.2, 0.25) is 0 Å². The lowest BCUT2D eigenvalue weighted by atomic mass is 9.48. The Morgan fingerprint density at radius 2 is 2.03 bits per heavy atom. The van der Waals surface area contributed by atoms with Crippen molar-refractivity contribution in [2.45, 2.75) is 69.7 Å². The van der Waals surface area contributed by atoms with Crippen LogP contribution in [0.25, 0.3) is 0 Å². The van der Waals surface area contributed by atoms with E-state index in [1.807, 2.05) is 33.0 Å². The number of amides is 1. The van der Waals surface area contributed by atoms with Gasteiger partial charge in [-0.25, -0.2) is 4.79 Å². The first kappa shape index (κ1) is 26.8. The minimum Gasteiger partial charge on any atom is -0.497 e. The molecule has 5 rings (SSSR count). The second-order valence-electron chi connectivity index (χ2n) is 11.8. The van der Waals surface area contributed by atoms with E-state index < -0.39 is 40.6 Å². The average molecular weight is 528 g/mol. The van der Waals surface area contributed by atoms with Gasteiger partial charge < -0.3 is 29.5 Å². The average Bonchev–Trinajstić information content (AvgIpc) is 3.40. The van der Waals surface area contributed by atoms with Crippen LogP contribution in [0.5, 0.6) is 5.75 Å². The Balaban J connectivity index is 1.69. The number of hydrogen-bond acceptors (Lipinski definition) is 8. The quantitative estimate of drug-likeness (QED) is 0.413. The van der Waals surface area contributed by atoms with Gasteiger partial charge in [0.05, 0.1) is 13.2 Å². The molecular formula is C29H41N3O6. The van der Waals surface area contributed by atoms with Gasteiger partial charge in [-0.3, -0.25) is 9.69 Å². The van der Waals surface area contributed by atoms with Crippen molar-refractivity contribution in [1.82, 2.24) is 10.2 Å². The summed E-state index contributed by atoms with van der Waals surface area (Å²) in [5.74, 6) is 0.514. The highest BCUT2D eigenvalue weighted by Gasteiger charge is 2.78. The van der Waals surface area contributed by atoms with Crippen LogP contribution in [0.4, 0.5) is 10.5 Å². The van der Waals surface area contributed by atoms with Crippen molar-refractivity contribution >= 4 is 17.7 Å². The van der Waals surface area contributed by atoms with E-state index in [0.717, 1.165) is 36.5 Å². The van der Waals surface area contributed by atoms with Gasteiger partial charge in [-0.15, -0.1) is 0 Å². The van der Waals surface area contributed by atoms with E-state index in [1.165, 1.54) is 6.92 Å². The number of aliphatic hydroxyl groups is 1. The molecule has 1 spiro atoms. The Labute approximate surface area is 225 Å². The van der Waals surface area contributed by atoms with Crippen molar-refractivity contribution in [3.05, 3.63) is 35.9 Å². The predicted octanol–water partition coefficient (Wildman–Crippen LogP) is 2.85. The van der Waals surface area contributed by atoms with E-state index in [4.69, 9.17) is 14.2 Å². The molecule has 1 saturated carbocycles. The van der Waals surface area contributed by atoms with Crippen LogP contribution in [0.2, 0.25) is 0 Å². The standard InChI is InChI=1S/C29H41N3O6/c1-7-27-11-8-13-32-14-12-28(23(27)32)21-10-9-20(36-6)15-22(21)31(5)24(28)29(35,25(27)38-19(4)33)17-37-26(34)30-16-18(2)3/h8-11,15,18,23-25,35H,7,12-14,16-17H2,1-6H3,(H,30,34)/t23?,24-,25-,27-,28-,29?/m1/s1. The summed E-state index contributed by atoms with van der Waals surface area (Å²) in [6, 6.07) is 5.60. The van der Waals surface area contributed by atoms with Gasteiger partial charge >= 0.3 is 12.1 Å². The summed E-state index contributed by atoms with van der Waals surface area (Å²) in [5, 5.41) is 15.7. The molecule has 1 saturated heterocycles. The number of hydrogen-bond donors (Lipinski definition) is 2. The molecule has 38 heavy (non-hydrogen) atoms. The van der Waals surface area contributed by atoms with Crippen LogP contribution in [0.3, 0.4) is 0 Å². The topological polar surface area (TPSA) is 101 Å². The van der Waals surface area contributed by atoms with Gasteiger partial charge in [-0.2, -0.15) is 0 Å². The van der Waals surface area contributed by atoms with Crippen LogP contribution in [-0.4, -0.2) is 86.3 Å². The maximum atomic E-state index is 12.9. The molecule has 2 fully saturated rings. The van der Waals surface area contributed by atoms with Crippen LogP contribution in [0.1, 0.15) is 46.1 Å². The van der Waals surface area contributed by atoms with Gasteiger partial charge in [0.1, 0.15) is 18.5 Å². The third kappa shape index (κ3) is 3.65. The molecular weight excluding hydrogens is 486 g/mol. The molecule has 208 valence electrons. The number of esters is 1. The third-order valence-corrected chi connectivity index (χ3v) is 9.31. The number of carbonyl (C=O) groups excluding carboxylic acids is 2. The van der Waals surface area contributed by atoms with Crippen LogP contribution >= 0.6 is 0 Å². The zero-order valence-corrected chi connectivity index (χ0v) is 23.3. The predicted molar refractivity (Wildman–Crippen MR) is 143 cm³/mol. The largest absolute Gasteiger partial charge is 0.497 e. The maximum Gasteiger partial charge on any atom is 0.407 e. The van der Waals surface area contributed by atoms with Crippen molar-refractivity contribution in [2.75, 3.05) is 45.3 Å². The highest BCUT2D eigenvalue weighted by molar-refractivity contribution is 5.72. The first-order valence-electron chi connectivity index (χ1n) is 13.7. The van der Waals surface area contributed by atoms with Crippen LogP contribution in [0.15, 0.2) is 30.4 Å². The van der Waals surface area contributed by atoms with Gasteiger partial charge in [0.25, 0.3) is 0 Å². The fourth-order valence-corrected chi connectivity index (χ4v) is 8.13. The number of ether oxygens (including phenoxy) is 3. The second-order valence-corrected chi connectivity index (χ2v) is 11.8. The van der Waals surface area contributed by atoms with Crippen molar-refractivity contribution in [3.63, 3.8) is 0 Å². The van der Waals surface area contributed by atoms with Gasteiger partial charge in [0, 0.05) is 55.7 Å². The Morgan fingerprint density at radius 1 is 1.26 bits per heavy atom. The molecule has 1 aliphatic carbocycles. The molecule has 1 amide bonds. The fourth-order valence-electron chi connectivity index (χ4n) is 8.13. The van der Waals surface area contributed by atoms with Gasteiger partial charge in [0.15, 0.2) is 5.60 Å². The highest BCUT2D eigenvalue weighted by atomic mass is 16.6. The van der Waals surface area contributed by atoms with E-state index in [1.54, 1.807) is 7.11 Å². The SMILES string of the molecule is CC[C@]12C=CCN3CC[C@@]4(c5ccc(OC)cc5N(C)[C@H]4C(O)(COC(=O)NCC(C)C)[C@@H]1OC(C)=O)C32. The number of methoxy groups -OCH3 is 1. The number of anilines is 1. The van der Waals surface area contributed by atoms with E-state index in [2.05, 4.69) is 40.3 Å². The number of fused-ring (bicyclic) bond motifs is 1. The molecule has 2 N–H and O–H groups in total. The van der Waals surface area contributed by atoms with Crippen molar-refractivity contribution < 1.29 is 28.9 Å². The first-order chi connectivity index (χ1) is 18.0. The third-order valence-electron chi connectivity index (χ3n) is 9.31. The number of rotatable bonds is 7. The van der Waals surface area contributed by atoms with E-state index >= 15 is 0 Å². The first-order valence-corrected chi connectivity index (χ1v) is 13.7. The molecule has 2 unspecified atom stereocenters. The lowest BCUT2D eigenvalue weighted by Gasteiger charge is -2.64. The highest BCUT2D eigenvalue weighted by Crippen LogP contribution is 2.67. The number of benzene rings is 1. The second kappa shape index (κ2) is 9.45. The fraction of sp³-hybridized carbons (Fsp3) is 0.655. The van der Waals surface area contributed by atoms with E-state index in [-0.39, 0.29) is 18.6 Å². The summed E-state index contributed by atoms with van der Waals surface area (Å²) >= 11 is 0. The summed E-state index contributed by atoms with van der Waals surface area (Å²) in [6.45, 7) is 9.27. The summed E-state index contributed by atoms with van der Waals surface area (Å²) < 4.78 is 17.4. The summed E-state index contributed by atoms with van der Waals surface area (Å²) in [4.78, 5) is 29.9. The normalized spacial score (nSPS) is 34.9. The number of alkyl carbamates (subject to hydrolysis) is 1. The monoisotopic (exact) mass is 527 g/mol. The molecule has 9 nitrogen and oxygen atoms in total. The Kier molecular flexibility index (Phi) is 6.67.